The minimum atomic E-state index is -0.963. The summed E-state index contributed by atoms with van der Waals surface area (Å²) in [6.45, 7) is 1.88. The second-order valence-corrected chi connectivity index (χ2v) is 8.24. The van der Waals surface area contributed by atoms with Crippen LogP contribution in [0.5, 0.6) is 5.75 Å². The molecule has 5 rings (SSSR count). The summed E-state index contributed by atoms with van der Waals surface area (Å²) in [5, 5.41) is 0.531. The van der Waals surface area contributed by atoms with Gasteiger partial charge >= 0.3 is 0 Å². The van der Waals surface area contributed by atoms with Crippen LogP contribution < -0.4 is 9.64 Å². The van der Waals surface area contributed by atoms with Crippen LogP contribution in [0.15, 0.2) is 66.7 Å². The van der Waals surface area contributed by atoms with Gasteiger partial charge in [-0.15, -0.1) is 0 Å². The minimum Gasteiger partial charge on any atom is -0.497 e. The van der Waals surface area contributed by atoms with Crippen molar-refractivity contribution in [3.05, 3.63) is 94.0 Å². The number of rotatable bonds is 4. The Morgan fingerprint density at radius 3 is 2.12 bits per heavy atom. The summed E-state index contributed by atoms with van der Waals surface area (Å²) in [4.78, 5) is 42.3. The van der Waals surface area contributed by atoms with Crippen LogP contribution in [0.4, 0.5) is 5.69 Å². The Morgan fingerprint density at radius 1 is 0.812 bits per heavy atom. The van der Waals surface area contributed by atoms with E-state index in [0.29, 0.717) is 27.6 Å². The van der Waals surface area contributed by atoms with Gasteiger partial charge in [-0.25, -0.2) is 0 Å². The molecule has 3 aromatic carbocycles. The normalized spacial score (nSPS) is 19.8. The SMILES string of the molecule is COc1cccc([C@@H]2[C@@H](N3C(=O)c4ccccc4C3=O)C(=O)N2c2ccc(C)c(Cl)c2)c1. The van der Waals surface area contributed by atoms with E-state index >= 15 is 0 Å². The van der Waals surface area contributed by atoms with Crippen molar-refractivity contribution in [2.45, 2.75) is 19.0 Å². The van der Waals surface area contributed by atoms with Crippen LogP contribution in [-0.2, 0) is 4.79 Å². The van der Waals surface area contributed by atoms with Gasteiger partial charge < -0.3 is 9.64 Å². The maximum atomic E-state index is 13.4. The Balaban J connectivity index is 1.61. The van der Waals surface area contributed by atoms with Crippen molar-refractivity contribution < 1.29 is 19.1 Å². The van der Waals surface area contributed by atoms with Crippen molar-refractivity contribution in [2.24, 2.45) is 0 Å². The molecule has 3 amide bonds. The predicted octanol–water partition coefficient (Wildman–Crippen LogP) is 4.41. The van der Waals surface area contributed by atoms with Gasteiger partial charge in [0.15, 0.2) is 0 Å². The predicted molar refractivity (Wildman–Crippen MR) is 120 cm³/mol. The van der Waals surface area contributed by atoms with E-state index in [-0.39, 0.29) is 5.91 Å². The third-order valence-corrected chi connectivity index (χ3v) is 6.45. The number of hydrogen-bond acceptors (Lipinski definition) is 4. The molecule has 0 spiro atoms. The molecule has 160 valence electrons. The number of methoxy groups -OCH3 is 1. The van der Waals surface area contributed by atoms with Gasteiger partial charge in [-0.05, 0) is 54.4 Å². The van der Waals surface area contributed by atoms with Crippen molar-refractivity contribution in [1.29, 1.82) is 0 Å². The first-order valence-corrected chi connectivity index (χ1v) is 10.5. The molecular weight excluding hydrogens is 428 g/mol. The Labute approximate surface area is 190 Å². The van der Waals surface area contributed by atoms with Crippen LogP contribution in [0.1, 0.15) is 37.9 Å². The third-order valence-electron chi connectivity index (χ3n) is 6.04. The smallest absolute Gasteiger partial charge is 0.262 e. The highest BCUT2D eigenvalue weighted by Gasteiger charge is 2.57. The highest BCUT2D eigenvalue weighted by atomic mass is 35.5. The van der Waals surface area contributed by atoms with Gasteiger partial charge in [-0.3, -0.25) is 19.3 Å². The first kappa shape index (κ1) is 20.3. The van der Waals surface area contributed by atoms with Gasteiger partial charge in [0.05, 0.1) is 24.3 Å². The number of β-lactam (4-membered cyclic amide) rings is 1. The molecule has 0 bridgehead atoms. The molecule has 0 aliphatic carbocycles. The Hall–Kier alpha value is -3.64. The number of benzene rings is 3. The summed E-state index contributed by atoms with van der Waals surface area (Å²) in [6, 6.07) is 17.7. The number of nitrogens with zero attached hydrogens (tertiary/aromatic N) is 2. The zero-order chi connectivity index (χ0) is 22.6. The van der Waals surface area contributed by atoms with Crippen LogP contribution in [0, 0.1) is 6.92 Å². The Kier molecular flexibility index (Phi) is 4.75. The average Bonchev–Trinajstić information content (AvgIpc) is 3.05. The van der Waals surface area contributed by atoms with Crippen LogP contribution >= 0.6 is 11.6 Å². The van der Waals surface area contributed by atoms with E-state index in [4.69, 9.17) is 16.3 Å². The fourth-order valence-electron chi connectivity index (χ4n) is 4.36. The number of hydrogen-bond donors (Lipinski definition) is 0. The van der Waals surface area contributed by atoms with Crippen molar-refractivity contribution in [3.8, 4) is 5.75 Å². The highest BCUT2D eigenvalue weighted by Crippen LogP contribution is 2.45. The number of ether oxygens (including phenoxy) is 1. The molecule has 0 radical (unpaired) electrons. The number of halogens is 1. The summed E-state index contributed by atoms with van der Waals surface area (Å²) >= 11 is 6.32. The number of aryl methyl sites for hydroxylation is 1. The fourth-order valence-corrected chi connectivity index (χ4v) is 4.54. The van der Waals surface area contributed by atoms with E-state index < -0.39 is 23.9 Å². The molecule has 32 heavy (non-hydrogen) atoms. The van der Waals surface area contributed by atoms with E-state index in [1.165, 1.54) is 0 Å². The number of anilines is 1. The third kappa shape index (κ3) is 2.91. The van der Waals surface area contributed by atoms with Crippen molar-refractivity contribution in [3.63, 3.8) is 0 Å². The minimum absolute atomic E-state index is 0.312. The molecular formula is C25H19ClN2O4. The molecule has 2 aliphatic heterocycles. The first-order valence-electron chi connectivity index (χ1n) is 10.1. The second-order valence-electron chi connectivity index (χ2n) is 7.83. The van der Waals surface area contributed by atoms with Crippen LogP contribution in [0.3, 0.4) is 0 Å². The maximum Gasteiger partial charge on any atom is 0.262 e. The van der Waals surface area contributed by atoms with Crippen molar-refractivity contribution in [1.82, 2.24) is 4.90 Å². The van der Waals surface area contributed by atoms with Crippen LogP contribution in [0.2, 0.25) is 5.02 Å². The Bertz CT molecular complexity index is 1250. The number of fused-ring (bicyclic) bond motifs is 1. The van der Waals surface area contributed by atoms with Crippen molar-refractivity contribution in [2.75, 3.05) is 12.0 Å². The summed E-state index contributed by atoms with van der Waals surface area (Å²) in [5.74, 6) is -0.644. The molecule has 6 nitrogen and oxygen atoms in total. The van der Waals surface area contributed by atoms with Gasteiger partial charge in [0, 0.05) is 10.7 Å². The molecule has 0 N–H and O–H groups in total. The summed E-state index contributed by atoms with van der Waals surface area (Å²) < 4.78 is 5.36. The zero-order valence-corrected chi connectivity index (χ0v) is 18.2. The molecule has 1 saturated heterocycles. The molecule has 0 unspecified atom stereocenters. The lowest BCUT2D eigenvalue weighted by Crippen LogP contribution is -2.67. The fraction of sp³-hybridized carbons (Fsp3) is 0.160. The van der Waals surface area contributed by atoms with E-state index in [1.54, 1.807) is 48.4 Å². The largest absolute Gasteiger partial charge is 0.497 e. The number of carbonyl (C=O) groups excluding carboxylic acids is 3. The topological polar surface area (TPSA) is 66.9 Å². The molecule has 0 saturated carbocycles. The number of carbonyl (C=O) groups is 3. The monoisotopic (exact) mass is 446 g/mol. The maximum absolute atomic E-state index is 13.4. The molecule has 7 heteroatoms. The van der Waals surface area contributed by atoms with E-state index in [0.717, 1.165) is 16.0 Å². The van der Waals surface area contributed by atoms with E-state index in [9.17, 15) is 14.4 Å². The number of imide groups is 1. The molecule has 2 aliphatic rings. The van der Waals surface area contributed by atoms with E-state index in [1.807, 2.05) is 37.3 Å². The summed E-state index contributed by atoms with van der Waals surface area (Å²) in [6.07, 6.45) is 0. The Morgan fingerprint density at radius 2 is 1.50 bits per heavy atom. The van der Waals surface area contributed by atoms with E-state index in [2.05, 4.69) is 0 Å². The lowest BCUT2D eigenvalue weighted by Gasteiger charge is -2.49. The summed E-state index contributed by atoms with van der Waals surface area (Å²) in [7, 11) is 1.56. The van der Waals surface area contributed by atoms with Gasteiger partial charge in [-0.2, -0.15) is 0 Å². The molecule has 2 atom stereocenters. The zero-order valence-electron chi connectivity index (χ0n) is 17.4. The van der Waals surface area contributed by atoms with Gasteiger partial charge in [0.1, 0.15) is 11.8 Å². The molecule has 2 heterocycles. The van der Waals surface area contributed by atoms with Gasteiger partial charge in [0.2, 0.25) is 0 Å². The molecule has 0 aromatic heterocycles. The number of amides is 3. The summed E-state index contributed by atoms with van der Waals surface area (Å²) in [5.41, 5.74) is 2.87. The first-order chi connectivity index (χ1) is 15.4. The highest BCUT2D eigenvalue weighted by molar-refractivity contribution is 6.32. The average molecular weight is 447 g/mol. The van der Waals surface area contributed by atoms with Crippen LogP contribution in [-0.4, -0.2) is 35.8 Å². The second kappa shape index (κ2) is 7.50. The van der Waals surface area contributed by atoms with Crippen molar-refractivity contribution >= 4 is 35.0 Å². The lowest BCUT2D eigenvalue weighted by atomic mass is 9.86. The molecule has 3 aromatic rings. The quantitative estimate of drug-likeness (QED) is 0.440. The standard InChI is InChI=1S/C25H19ClN2O4/c1-14-10-11-16(13-20(14)26)27-21(15-6-5-7-17(12-15)32-2)22(25(27)31)28-23(29)18-8-3-4-9-19(18)24(28)30/h3-13,21-22H,1-2H3/t21-,22-/m1/s1. The molecule has 1 fully saturated rings. The van der Waals surface area contributed by atoms with Gasteiger partial charge in [-0.1, -0.05) is 41.9 Å². The van der Waals surface area contributed by atoms with Crippen LogP contribution in [0.25, 0.3) is 0 Å². The van der Waals surface area contributed by atoms with Gasteiger partial charge in [0.25, 0.3) is 17.7 Å². The lowest BCUT2D eigenvalue weighted by molar-refractivity contribution is -0.130.